The number of aliphatic hydroxyl groups excluding tert-OH is 1. The third kappa shape index (κ3) is 3.95. The van der Waals surface area contributed by atoms with Gasteiger partial charge in [-0.1, -0.05) is 20.8 Å². The topological polar surface area (TPSA) is 38.0 Å². The molecule has 2 heterocycles. The van der Waals surface area contributed by atoms with E-state index in [2.05, 4.69) is 32.8 Å². The third-order valence-electron chi connectivity index (χ3n) is 4.13. The predicted molar refractivity (Wildman–Crippen MR) is 89.7 cm³/mol. The fourth-order valence-electron chi connectivity index (χ4n) is 2.27. The first kappa shape index (κ1) is 16.2. The van der Waals surface area contributed by atoms with Gasteiger partial charge in [0.25, 0.3) is 0 Å². The van der Waals surface area contributed by atoms with E-state index in [4.69, 9.17) is 0 Å². The number of rotatable bonds is 5. The van der Waals surface area contributed by atoms with Gasteiger partial charge in [0, 0.05) is 40.2 Å². The maximum atomic E-state index is 10.5. The van der Waals surface area contributed by atoms with Gasteiger partial charge in [0.15, 0.2) is 0 Å². The number of aliphatic hydroxyl groups is 1. The maximum absolute atomic E-state index is 10.5. The highest BCUT2D eigenvalue weighted by atomic mass is 32.2. The molecule has 1 aliphatic heterocycles. The fraction of sp³-hybridized carbons (Fsp3) is 0.800. The van der Waals surface area contributed by atoms with E-state index >= 15 is 0 Å². The molecule has 1 saturated heterocycles. The first-order chi connectivity index (χ1) is 9.51. The highest BCUT2D eigenvalue weighted by Crippen LogP contribution is 2.37. The van der Waals surface area contributed by atoms with E-state index in [1.807, 2.05) is 40.5 Å². The summed E-state index contributed by atoms with van der Waals surface area (Å²) < 4.78 is 2.01. The third-order valence-corrected chi connectivity index (χ3v) is 7.66. The Bertz CT molecular complexity index is 424. The molecule has 114 valence electrons. The van der Waals surface area contributed by atoms with Crippen molar-refractivity contribution >= 4 is 23.5 Å². The number of aromatic nitrogens is 2. The van der Waals surface area contributed by atoms with E-state index < -0.39 is 0 Å². The zero-order valence-electron chi connectivity index (χ0n) is 12.8. The maximum Gasteiger partial charge on any atom is 0.0722 e. The molecule has 5 atom stereocenters. The molecular weight excluding hydrogens is 288 g/mol. The van der Waals surface area contributed by atoms with Gasteiger partial charge in [0.05, 0.1) is 11.8 Å². The zero-order chi connectivity index (χ0) is 14.7. The molecule has 0 aromatic carbocycles. The predicted octanol–water partition coefficient (Wildman–Crippen LogP) is 3.38. The van der Waals surface area contributed by atoms with Crippen molar-refractivity contribution in [3.05, 3.63) is 18.0 Å². The second-order valence-corrected chi connectivity index (χ2v) is 8.77. The van der Waals surface area contributed by atoms with Crippen molar-refractivity contribution < 1.29 is 5.11 Å². The van der Waals surface area contributed by atoms with E-state index in [1.165, 1.54) is 0 Å². The number of hydrogen-bond donors (Lipinski definition) is 1. The van der Waals surface area contributed by atoms with Gasteiger partial charge in [-0.2, -0.15) is 28.6 Å². The Labute approximate surface area is 130 Å². The Hall–Kier alpha value is -0.130. The molecule has 1 aliphatic rings. The van der Waals surface area contributed by atoms with Gasteiger partial charge in [-0.05, 0) is 19.4 Å². The van der Waals surface area contributed by atoms with Gasteiger partial charge in [-0.25, -0.2) is 0 Å². The van der Waals surface area contributed by atoms with Crippen molar-refractivity contribution in [3.8, 4) is 0 Å². The lowest BCUT2D eigenvalue weighted by molar-refractivity contribution is 0.175. The largest absolute Gasteiger partial charge is 0.392 e. The van der Waals surface area contributed by atoms with Gasteiger partial charge in [-0.15, -0.1) is 0 Å². The second-order valence-electron chi connectivity index (χ2n) is 5.73. The minimum atomic E-state index is -0.289. The standard InChI is InChI=1S/C15H26N2OS2/c1-5-10(2)17-7-6-13(16-17)8-14(18)15-9-19-11(3)12(4)20-15/h6-7,10-12,14-15,18H,5,8-9H2,1-4H3. The molecule has 5 unspecified atom stereocenters. The average Bonchev–Trinajstić information content (AvgIpc) is 2.89. The molecule has 5 heteroatoms. The molecule has 1 aromatic heterocycles. The van der Waals surface area contributed by atoms with Gasteiger partial charge in [0.2, 0.25) is 0 Å². The normalized spacial score (nSPS) is 30.1. The smallest absolute Gasteiger partial charge is 0.0722 e. The monoisotopic (exact) mass is 314 g/mol. The SMILES string of the molecule is CCC(C)n1ccc(CC(O)C2CSC(C)C(C)S2)n1. The van der Waals surface area contributed by atoms with E-state index in [9.17, 15) is 5.11 Å². The Morgan fingerprint density at radius 1 is 1.45 bits per heavy atom. The van der Waals surface area contributed by atoms with Crippen LogP contribution in [0.25, 0.3) is 0 Å². The summed E-state index contributed by atoms with van der Waals surface area (Å²) in [6, 6.07) is 2.48. The van der Waals surface area contributed by atoms with Crippen LogP contribution in [0.15, 0.2) is 12.3 Å². The van der Waals surface area contributed by atoms with Crippen LogP contribution in [-0.2, 0) is 6.42 Å². The summed E-state index contributed by atoms with van der Waals surface area (Å²) in [6.07, 6.45) is 3.49. The van der Waals surface area contributed by atoms with E-state index in [0.717, 1.165) is 17.9 Å². The van der Waals surface area contributed by atoms with Gasteiger partial charge in [0.1, 0.15) is 0 Å². The first-order valence-corrected chi connectivity index (χ1v) is 9.49. The van der Waals surface area contributed by atoms with Crippen LogP contribution in [0.2, 0.25) is 0 Å². The summed E-state index contributed by atoms with van der Waals surface area (Å²) in [5, 5.41) is 16.7. The summed E-state index contributed by atoms with van der Waals surface area (Å²) >= 11 is 3.91. The lowest BCUT2D eigenvalue weighted by Gasteiger charge is -2.33. The summed E-state index contributed by atoms with van der Waals surface area (Å²) in [5.74, 6) is 1.05. The number of nitrogens with zero attached hydrogens (tertiary/aromatic N) is 2. The quantitative estimate of drug-likeness (QED) is 0.904. The van der Waals surface area contributed by atoms with Crippen molar-refractivity contribution in [2.45, 2.75) is 68.4 Å². The molecule has 3 nitrogen and oxygen atoms in total. The van der Waals surface area contributed by atoms with Gasteiger partial charge in [-0.3, -0.25) is 4.68 Å². The fourth-order valence-corrected chi connectivity index (χ4v) is 5.29. The summed E-state index contributed by atoms with van der Waals surface area (Å²) in [6.45, 7) is 8.88. The molecule has 0 aliphatic carbocycles. The van der Waals surface area contributed by atoms with Crippen LogP contribution in [0.3, 0.4) is 0 Å². The van der Waals surface area contributed by atoms with Crippen molar-refractivity contribution in [2.75, 3.05) is 5.75 Å². The van der Waals surface area contributed by atoms with Crippen LogP contribution in [0.5, 0.6) is 0 Å². The summed E-state index contributed by atoms with van der Waals surface area (Å²) in [4.78, 5) is 0. The van der Waals surface area contributed by atoms with Gasteiger partial charge >= 0.3 is 0 Å². The second kappa shape index (κ2) is 7.23. The molecule has 0 amide bonds. The van der Waals surface area contributed by atoms with Crippen LogP contribution in [-0.4, -0.2) is 42.5 Å². The minimum Gasteiger partial charge on any atom is -0.392 e. The lowest BCUT2D eigenvalue weighted by atomic mass is 10.1. The van der Waals surface area contributed by atoms with E-state index in [1.54, 1.807) is 0 Å². The molecule has 0 saturated carbocycles. The van der Waals surface area contributed by atoms with Crippen molar-refractivity contribution in [2.24, 2.45) is 0 Å². The molecular formula is C15H26N2OS2. The van der Waals surface area contributed by atoms with Crippen molar-refractivity contribution in [3.63, 3.8) is 0 Å². The van der Waals surface area contributed by atoms with Crippen LogP contribution in [0.4, 0.5) is 0 Å². The lowest BCUT2D eigenvalue weighted by Crippen LogP contribution is -2.35. The summed E-state index contributed by atoms with van der Waals surface area (Å²) in [5.41, 5.74) is 1.01. The Kier molecular flexibility index (Phi) is 5.87. The highest BCUT2D eigenvalue weighted by molar-refractivity contribution is 8.07. The van der Waals surface area contributed by atoms with Crippen molar-refractivity contribution in [1.82, 2.24) is 9.78 Å². The van der Waals surface area contributed by atoms with Crippen molar-refractivity contribution in [1.29, 1.82) is 0 Å². The average molecular weight is 315 g/mol. The van der Waals surface area contributed by atoms with Crippen LogP contribution >= 0.6 is 23.5 Å². The highest BCUT2D eigenvalue weighted by Gasteiger charge is 2.30. The molecule has 1 N–H and O–H groups in total. The van der Waals surface area contributed by atoms with E-state index in [-0.39, 0.29) is 6.10 Å². The molecule has 0 radical (unpaired) electrons. The Morgan fingerprint density at radius 2 is 2.20 bits per heavy atom. The summed E-state index contributed by atoms with van der Waals surface area (Å²) in [7, 11) is 0. The molecule has 2 rings (SSSR count). The van der Waals surface area contributed by atoms with Crippen LogP contribution < -0.4 is 0 Å². The first-order valence-electron chi connectivity index (χ1n) is 7.50. The molecule has 0 bridgehead atoms. The number of hydrogen-bond acceptors (Lipinski definition) is 4. The molecule has 20 heavy (non-hydrogen) atoms. The zero-order valence-corrected chi connectivity index (χ0v) is 14.5. The Balaban J connectivity index is 1.91. The molecule has 0 spiro atoms. The van der Waals surface area contributed by atoms with Crippen LogP contribution in [0, 0.1) is 0 Å². The molecule has 1 fully saturated rings. The van der Waals surface area contributed by atoms with Crippen LogP contribution in [0.1, 0.15) is 45.9 Å². The molecule has 1 aromatic rings. The number of thioether (sulfide) groups is 2. The Morgan fingerprint density at radius 3 is 2.85 bits per heavy atom. The minimum absolute atomic E-state index is 0.289. The van der Waals surface area contributed by atoms with Gasteiger partial charge < -0.3 is 5.11 Å². The van der Waals surface area contributed by atoms with E-state index in [0.29, 0.717) is 28.2 Å².